The molecule has 6 bridgehead atoms. The third-order valence-electron chi connectivity index (χ3n) is 15.4. The molecule has 3 saturated heterocycles. The number of likely N-dealkylation sites (N-methyl/N-ethyl adjacent to an activating group) is 2. The summed E-state index contributed by atoms with van der Waals surface area (Å²) in [6, 6.07) is 15.8. The fourth-order valence-electron chi connectivity index (χ4n) is 11.1. The lowest BCUT2D eigenvalue weighted by Gasteiger charge is -2.37. The third-order valence-corrected chi connectivity index (χ3v) is 15.4. The predicted molar refractivity (Wildman–Crippen MR) is 279 cm³/mol. The first-order chi connectivity index (χ1) is 34.8. The fraction of sp³-hybridized carbons (Fsp3) is 0.544. The number of carbonyl (C=O) groups excluding carboxylic acids is 5. The minimum atomic E-state index is -1.07. The average molecular weight is 999 g/mol. The number of methoxy groups -OCH3 is 1. The third kappa shape index (κ3) is 11.2. The minimum Gasteiger partial charge on any atom is -0.464 e. The molecule has 6 heterocycles. The van der Waals surface area contributed by atoms with Crippen LogP contribution in [0.2, 0.25) is 0 Å². The van der Waals surface area contributed by atoms with Crippen LogP contribution >= 0.6 is 0 Å². The summed E-state index contributed by atoms with van der Waals surface area (Å²) in [7, 11) is 7.15. The second-order valence-corrected chi connectivity index (χ2v) is 21.7. The van der Waals surface area contributed by atoms with Crippen molar-refractivity contribution in [2.45, 2.75) is 116 Å². The van der Waals surface area contributed by atoms with Gasteiger partial charge in [0, 0.05) is 87.9 Å². The summed E-state index contributed by atoms with van der Waals surface area (Å²) in [5.41, 5.74) is 9.91. The summed E-state index contributed by atoms with van der Waals surface area (Å²) in [4.78, 5) is 81.1. The van der Waals surface area contributed by atoms with Gasteiger partial charge in [0.15, 0.2) is 0 Å². The van der Waals surface area contributed by atoms with Crippen LogP contribution in [-0.2, 0) is 57.6 Å². The highest BCUT2D eigenvalue weighted by Crippen LogP contribution is 2.42. The van der Waals surface area contributed by atoms with Crippen molar-refractivity contribution in [1.29, 1.82) is 0 Å². The summed E-state index contributed by atoms with van der Waals surface area (Å²) in [5.74, 6) is 3.18. The number of fused-ring (bicyclic) bond motifs is 6. The van der Waals surface area contributed by atoms with Gasteiger partial charge < -0.3 is 33.9 Å². The summed E-state index contributed by atoms with van der Waals surface area (Å²) in [5, 5.41) is 5.60. The lowest BCUT2D eigenvalue weighted by molar-refractivity contribution is -0.155. The molecule has 2 N–H and O–H groups in total. The van der Waals surface area contributed by atoms with Crippen LogP contribution in [0.25, 0.3) is 33.3 Å². The molecule has 0 saturated carbocycles. The van der Waals surface area contributed by atoms with E-state index in [0.29, 0.717) is 65.0 Å². The lowest BCUT2D eigenvalue weighted by Crippen LogP contribution is -2.62. The number of esters is 1. The quantitative estimate of drug-likeness (QED) is 0.146. The number of aryl methyl sites for hydroxylation is 1. The number of hydrogen-bond donors (Lipinski definition) is 2. The Balaban J connectivity index is 1.11. The number of nitrogens with one attached hydrogen (secondary N) is 2. The number of rotatable bonds is 10. The molecular weight excluding hydrogens is 925 g/mol. The van der Waals surface area contributed by atoms with Gasteiger partial charge >= 0.3 is 5.97 Å². The Hall–Kier alpha value is -6.12. The summed E-state index contributed by atoms with van der Waals surface area (Å²) >= 11 is 0. The molecule has 4 aromatic rings. The van der Waals surface area contributed by atoms with Gasteiger partial charge in [0.1, 0.15) is 23.7 Å². The van der Waals surface area contributed by atoms with Crippen molar-refractivity contribution in [3.8, 4) is 34.2 Å². The maximum Gasteiger partial charge on any atom is 0.324 e. The monoisotopic (exact) mass is 999 g/mol. The van der Waals surface area contributed by atoms with E-state index in [-0.39, 0.29) is 43.4 Å². The highest BCUT2D eigenvalue weighted by atomic mass is 16.5. The summed E-state index contributed by atoms with van der Waals surface area (Å²) < 4.78 is 19.9. The van der Waals surface area contributed by atoms with Crippen molar-refractivity contribution in [1.82, 2.24) is 40.0 Å². The molecule has 4 aliphatic heterocycles. The number of hydrogen-bond acceptors (Lipinski definition) is 11. The van der Waals surface area contributed by atoms with E-state index < -0.39 is 52.8 Å². The number of nitrogens with zero attached hydrogens (tertiary/aromatic N) is 6. The molecule has 2 aromatic carbocycles. The zero-order chi connectivity index (χ0) is 52.4. The Morgan fingerprint density at radius 3 is 2.49 bits per heavy atom. The molecule has 1 unspecified atom stereocenters. The smallest absolute Gasteiger partial charge is 0.324 e. The number of cyclic esters (lactones) is 1. The maximum absolute atomic E-state index is 14.8. The molecule has 4 aliphatic rings. The molecule has 8 rings (SSSR count). The molecular formula is C57H74N8O8. The number of aromatic nitrogens is 2. The number of benzene rings is 2. The largest absolute Gasteiger partial charge is 0.464 e. The zero-order valence-corrected chi connectivity index (χ0v) is 44.4. The number of carbonyl (C=O) groups is 5. The topological polar surface area (TPSA) is 168 Å². The van der Waals surface area contributed by atoms with Gasteiger partial charge in [-0.05, 0) is 112 Å². The van der Waals surface area contributed by atoms with Gasteiger partial charge in [-0.15, -0.1) is 0 Å². The van der Waals surface area contributed by atoms with E-state index in [1.54, 1.807) is 25.3 Å². The molecule has 0 radical (unpaired) electrons. The maximum atomic E-state index is 14.8. The number of likely N-dealkylation sites (tertiary alicyclic amines) is 1. The summed E-state index contributed by atoms with van der Waals surface area (Å²) in [6.45, 7) is 14.8. The van der Waals surface area contributed by atoms with Crippen LogP contribution in [0, 0.1) is 29.1 Å². The molecule has 2 aromatic heterocycles. The van der Waals surface area contributed by atoms with Crippen LogP contribution in [0.15, 0.2) is 60.8 Å². The van der Waals surface area contributed by atoms with Crippen LogP contribution < -0.4 is 10.7 Å². The molecule has 390 valence electrons. The molecule has 16 heteroatoms. The SMILES string of the molecule is CCn1c(-c2cccnc2[C@H](C)OC)c2c3cc(ccc31)-c1cccc(c1)C[C@H](NC(=O)C(C(C)C)N(C)C(=O)[C@H]1CCN(C(=O)C#C[C@]3(N(C)C)CCOC3)C1)C(=O)N1CCC[C@H](N1)C(=O)OCC(C)(C)C2. The highest BCUT2D eigenvalue weighted by Gasteiger charge is 2.41. The Morgan fingerprint density at radius 2 is 1.78 bits per heavy atom. The normalized spacial score (nSPS) is 23.2. The lowest BCUT2D eigenvalue weighted by atomic mass is 9.84. The van der Waals surface area contributed by atoms with E-state index in [0.717, 1.165) is 50.1 Å². The minimum absolute atomic E-state index is 0.129. The molecule has 0 aliphatic carbocycles. The van der Waals surface area contributed by atoms with Crippen molar-refractivity contribution in [3.63, 3.8) is 0 Å². The first-order valence-electron chi connectivity index (χ1n) is 26.0. The van der Waals surface area contributed by atoms with Crippen molar-refractivity contribution in [2.75, 3.05) is 67.7 Å². The highest BCUT2D eigenvalue weighted by molar-refractivity contribution is 5.97. The standard InChI is InChI=1S/C57H74N8O8/c1-11-64-47-20-19-40-31-43(47)44(51(64)42-17-13-25-58-49(42)37(4)71-10)32-56(5,6)34-73-55(70)45-18-14-26-65(60-45)54(69)46(30-38-15-12-16-39(40)29-38)59-52(67)50(36(2)3)62(9)53(68)41-22-27-63(33-41)48(66)21-23-57(61(7)8)24-28-72-35-57/h12-13,15-17,19-20,25,29,31,36-37,41,45-46,50,60H,11,14,18,22,24,26-28,30,32-35H2,1-10H3,(H,59,67)/t37-,41-,45-,46-,50?,57-/m0/s1. The molecule has 3 fully saturated rings. The van der Waals surface area contributed by atoms with Crippen LogP contribution in [0.4, 0.5) is 0 Å². The van der Waals surface area contributed by atoms with Crippen molar-refractivity contribution in [3.05, 3.63) is 77.6 Å². The Bertz CT molecular complexity index is 2780. The number of pyridine rings is 1. The van der Waals surface area contributed by atoms with Gasteiger partial charge in [0.2, 0.25) is 11.8 Å². The Labute approximate surface area is 430 Å². The van der Waals surface area contributed by atoms with E-state index in [4.69, 9.17) is 19.2 Å². The molecule has 16 nitrogen and oxygen atoms in total. The van der Waals surface area contributed by atoms with E-state index in [1.807, 2.05) is 58.0 Å². The number of amides is 4. The number of ether oxygens (including phenoxy) is 3. The first-order valence-corrected chi connectivity index (χ1v) is 26.0. The fourth-order valence-corrected chi connectivity index (χ4v) is 11.1. The van der Waals surface area contributed by atoms with Gasteiger partial charge in [-0.1, -0.05) is 63.9 Å². The van der Waals surface area contributed by atoms with Crippen LogP contribution in [0.1, 0.15) is 90.2 Å². The van der Waals surface area contributed by atoms with Gasteiger partial charge in [0.25, 0.3) is 11.8 Å². The van der Waals surface area contributed by atoms with E-state index in [2.05, 4.69) is 84.3 Å². The Morgan fingerprint density at radius 1 is 1.00 bits per heavy atom. The van der Waals surface area contributed by atoms with Gasteiger partial charge in [-0.3, -0.25) is 38.9 Å². The van der Waals surface area contributed by atoms with Crippen molar-refractivity contribution < 1.29 is 38.2 Å². The average Bonchev–Trinajstić information content (AvgIpc) is 4.15. The van der Waals surface area contributed by atoms with E-state index in [1.165, 1.54) is 9.91 Å². The van der Waals surface area contributed by atoms with Crippen molar-refractivity contribution in [2.24, 2.45) is 17.3 Å². The second-order valence-electron chi connectivity index (χ2n) is 21.7. The zero-order valence-electron chi connectivity index (χ0n) is 44.4. The summed E-state index contributed by atoms with van der Waals surface area (Å²) in [6.07, 6.45) is 4.39. The van der Waals surface area contributed by atoms with Crippen LogP contribution in [0.3, 0.4) is 0 Å². The Kier molecular flexibility index (Phi) is 16.1. The molecule has 4 amide bonds. The van der Waals surface area contributed by atoms with Gasteiger partial charge in [-0.2, -0.15) is 0 Å². The van der Waals surface area contributed by atoms with Crippen molar-refractivity contribution >= 4 is 40.5 Å². The van der Waals surface area contributed by atoms with Gasteiger partial charge in [0.05, 0.1) is 36.6 Å². The predicted octanol–water partition coefficient (Wildman–Crippen LogP) is 5.80. The van der Waals surface area contributed by atoms with Crippen LogP contribution in [0.5, 0.6) is 0 Å². The molecule has 0 spiro atoms. The second kappa shape index (κ2) is 22.2. The molecule has 73 heavy (non-hydrogen) atoms. The first kappa shape index (κ1) is 53.2. The number of hydrazine groups is 1. The van der Waals surface area contributed by atoms with E-state index in [9.17, 15) is 24.0 Å². The van der Waals surface area contributed by atoms with Crippen LogP contribution in [-0.4, -0.2) is 150 Å². The van der Waals surface area contributed by atoms with Gasteiger partial charge in [-0.25, -0.2) is 5.43 Å². The molecule has 6 atom stereocenters. The van der Waals surface area contributed by atoms with E-state index >= 15 is 0 Å².